The highest BCUT2D eigenvalue weighted by atomic mass is 32.2. The minimum Gasteiger partial charge on any atom is -0.465 e. The molecule has 1 heterocycles. The molecule has 2 aromatic rings. The van der Waals surface area contributed by atoms with Crippen LogP contribution in [0.25, 0.3) is 0 Å². The van der Waals surface area contributed by atoms with Crippen molar-refractivity contribution in [3.05, 3.63) is 46.3 Å². The van der Waals surface area contributed by atoms with Crippen molar-refractivity contribution in [1.29, 1.82) is 0 Å². The fourth-order valence-electron chi connectivity index (χ4n) is 3.24. The number of thioether (sulfide) groups is 1. The third-order valence-electron chi connectivity index (χ3n) is 4.70. The Labute approximate surface area is 162 Å². The molecule has 1 aliphatic rings. The second kappa shape index (κ2) is 8.73. The number of thiophene rings is 1. The highest BCUT2D eigenvalue weighted by Crippen LogP contribution is 2.40. The second-order valence-corrected chi connectivity index (χ2v) is 8.52. The zero-order chi connectivity index (χ0) is 18.5. The molecule has 0 spiro atoms. The van der Waals surface area contributed by atoms with Gasteiger partial charge < -0.3 is 10.1 Å². The van der Waals surface area contributed by atoms with Crippen LogP contribution >= 0.6 is 23.1 Å². The normalized spacial score (nSPS) is 16.0. The topological polar surface area (TPSA) is 55.4 Å². The maximum absolute atomic E-state index is 12.4. The van der Waals surface area contributed by atoms with Gasteiger partial charge in [0.15, 0.2) is 0 Å². The molecule has 0 aliphatic heterocycles. The monoisotopic (exact) mass is 389 g/mol. The summed E-state index contributed by atoms with van der Waals surface area (Å²) in [5.74, 6) is 0.507. The largest absolute Gasteiger partial charge is 0.465 e. The van der Waals surface area contributed by atoms with Crippen molar-refractivity contribution >= 4 is 40.0 Å². The molecule has 1 N–H and O–H groups in total. The Bertz CT molecular complexity index is 786. The quantitative estimate of drug-likeness (QED) is 0.571. The van der Waals surface area contributed by atoms with Crippen molar-refractivity contribution in [1.82, 2.24) is 0 Å². The molecule has 0 saturated carbocycles. The maximum Gasteiger partial charge on any atom is 0.341 e. The summed E-state index contributed by atoms with van der Waals surface area (Å²) in [5, 5.41) is 3.58. The third-order valence-corrected chi connectivity index (χ3v) is 6.88. The highest BCUT2D eigenvalue weighted by Gasteiger charge is 2.29. The van der Waals surface area contributed by atoms with Gasteiger partial charge in [0.2, 0.25) is 5.91 Å². The third kappa shape index (κ3) is 4.30. The Balaban J connectivity index is 1.75. The summed E-state index contributed by atoms with van der Waals surface area (Å²) in [4.78, 5) is 27.0. The van der Waals surface area contributed by atoms with E-state index in [4.69, 9.17) is 4.74 Å². The molecule has 4 nitrogen and oxygen atoms in total. The van der Waals surface area contributed by atoms with Gasteiger partial charge in [-0.1, -0.05) is 31.5 Å². The number of benzene rings is 1. The van der Waals surface area contributed by atoms with E-state index in [-0.39, 0.29) is 11.9 Å². The molecule has 26 heavy (non-hydrogen) atoms. The van der Waals surface area contributed by atoms with Gasteiger partial charge >= 0.3 is 5.97 Å². The summed E-state index contributed by atoms with van der Waals surface area (Å²) in [5.41, 5.74) is 1.62. The van der Waals surface area contributed by atoms with Gasteiger partial charge in [0.1, 0.15) is 5.00 Å². The van der Waals surface area contributed by atoms with Gasteiger partial charge in [0.25, 0.3) is 0 Å². The van der Waals surface area contributed by atoms with E-state index in [2.05, 4.69) is 12.2 Å². The first-order valence-corrected chi connectivity index (χ1v) is 10.6. The Morgan fingerprint density at radius 2 is 2.08 bits per heavy atom. The first-order valence-electron chi connectivity index (χ1n) is 8.82. The van der Waals surface area contributed by atoms with Crippen molar-refractivity contribution in [2.45, 2.75) is 37.5 Å². The minimum atomic E-state index is -0.358. The molecule has 1 aromatic heterocycles. The van der Waals surface area contributed by atoms with Crippen LogP contribution in [-0.2, 0) is 22.4 Å². The van der Waals surface area contributed by atoms with Crippen molar-refractivity contribution < 1.29 is 14.3 Å². The van der Waals surface area contributed by atoms with Crippen LogP contribution in [0.1, 0.15) is 40.6 Å². The van der Waals surface area contributed by atoms with E-state index in [0.717, 1.165) is 36.1 Å². The number of anilines is 1. The van der Waals surface area contributed by atoms with Crippen molar-refractivity contribution in [3.8, 4) is 0 Å². The first-order chi connectivity index (χ1) is 12.6. The van der Waals surface area contributed by atoms with E-state index in [1.165, 1.54) is 35.1 Å². The summed E-state index contributed by atoms with van der Waals surface area (Å²) in [6.45, 7) is 2.20. The van der Waals surface area contributed by atoms with Crippen molar-refractivity contribution in [2.24, 2.45) is 5.92 Å². The summed E-state index contributed by atoms with van der Waals surface area (Å²) in [6, 6.07) is 9.81. The number of rotatable bonds is 6. The number of ether oxygens (including phenoxy) is 1. The number of esters is 1. The lowest BCUT2D eigenvalue weighted by Gasteiger charge is -2.20. The SMILES string of the molecule is CC[C@H]1CCc2c(sc(NC(=O)CSc3ccccc3)c2C(=O)OC)C1. The molecular formula is C20H23NO3S2. The van der Waals surface area contributed by atoms with E-state index < -0.39 is 0 Å². The number of nitrogens with one attached hydrogen (secondary N) is 1. The van der Waals surface area contributed by atoms with Gasteiger partial charge in [-0.25, -0.2) is 4.79 Å². The number of hydrogen-bond acceptors (Lipinski definition) is 5. The lowest BCUT2D eigenvalue weighted by molar-refractivity contribution is -0.113. The predicted molar refractivity (Wildman–Crippen MR) is 107 cm³/mol. The molecule has 0 bridgehead atoms. The van der Waals surface area contributed by atoms with Crippen molar-refractivity contribution in [3.63, 3.8) is 0 Å². The molecule has 3 rings (SSSR count). The van der Waals surface area contributed by atoms with Gasteiger partial charge in [0.05, 0.1) is 18.4 Å². The fraction of sp³-hybridized carbons (Fsp3) is 0.400. The van der Waals surface area contributed by atoms with Crippen LogP contribution in [-0.4, -0.2) is 24.7 Å². The lowest BCUT2D eigenvalue weighted by Crippen LogP contribution is -2.17. The Kier molecular flexibility index (Phi) is 6.38. The Morgan fingerprint density at radius 3 is 2.77 bits per heavy atom. The van der Waals surface area contributed by atoms with Crippen molar-refractivity contribution in [2.75, 3.05) is 18.2 Å². The number of amides is 1. The Hall–Kier alpha value is -1.79. The van der Waals surface area contributed by atoms with E-state index in [9.17, 15) is 9.59 Å². The molecule has 138 valence electrons. The van der Waals surface area contributed by atoms with Gasteiger partial charge in [-0.3, -0.25) is 4.79 Å². The van der Waals surface area contributed by atoms with Gasteiger partial charge in [-0.2, -0.15) is 0 Å². The summed E-state index contributed by atoms with van der Waals surface area (Å²) >= 11 is 3.02. The molecule has 1 atom stereocenters. The van der Waals surface area contributed by atoms with Gasteiger partial charge in [0, 0.05) is 9.77 Å². The Morgan fingerprint density at radius 1 is 1.31 bits per heavy atom. The average Bonchev–Trinajstić information content (AvgIpc) is 3.03. The average molecular weight is 390 g/mol. The van der Waals surface area contributed by atoms with Gasteiger partial charge in [-0.05, 0) is 42.9 Å². The van der Waals surface area contributed by atoms with Crippen LogP contribution in [0.2, 0.25) is 0 Å². The van der Waals surface area contributed by atoms with E-state index in [0.29, 0.717) is 22.2 Å². The van der Waals surface area contributed by atoms with E-state index >= 15 is 0 Å². The highest BCUT2D eigenvalue weighted by molar-refractivity contribution is 8.00. The number of hydrogen-bond donors (Lipinski definition) is 1. The zero-order valence-corrected chi connectivity index (χ0v) is 16.7. The molecule has 0 radical (unpaired) electrons. The molecule has 6 heteroatoms. The van der Waals surface area contributed by atoms with Crippen LogP contribution < -0.4 is 5.32 Å². The van der Waals surface area contributed by atoms with Crippen LogP contribution in [0.5, 0.6) is 0 Å². The molecule has 0 fully saturated rings. The second-order valence-electron chi connectivity index (χ2n) is 6.37. The van der Waals surface area contributed by atoms with Crippen LogP contribution in [0, 0.1) is 5.92 Å². The number of carbonyl (C=O) groups is 2. The molecule has 1 aromatic carbocycles. The molecule has 1 amide bonds. The number of methoxy groups -OCH3 is 1. The molecular weight excluding hydrogens is 366 g/mol. The van der Waals surface area contributed by atoms with Crippen LogP contribution in [0.15, 0.2) is 35.2 Å². The van der Waals surface area contributed by atoms with Crippen LogP contribution in [0.3, 0.4) is 0 Å². The predicted octanol–water partition coefficient (Wildman–Crippen LogP) is 4.78. The summed E-state index contributed by atoms with van der Waals surface area (Å²) < 4.78 is 4.98. The number of fused-ring (bicyclic) bond motifs is 1. The molecule has 0 saturated heterocycles. The van der Waals surface area contributed by atoms with E-state index in [1.807, 2.05) is 30.3 Å². The summed E-state index contributed by atoms with van der Waals surface area (Å²) in [7, 11) is 1.39. The molecule has 0 unspecified atom stereocenters. The lowest BCUT2D eigenvalue weighted by atomic mass is 9.86. The van der Waals surface area contributed by atoms with E-state index in [1.54, 1.807) is 0 Å². The minimum absolute atomic E-state index is 0.102. The standard InChI is InChI=1S/C20H23NO3S2/c1-3-13-9-10-15-16(11-13)26-19(18(15)20(23)24-2)21-17(22)12-25-14-7-5-4-6-8-14/h4-8,13H,3,9-12H2,1-2H3,(H,21,22)/t13-/m0/s1. The number of carbonyl (C=O) groups excluding carboxylic acids is 2. The fourth-order valence-corrected chi connectivity index (χ4v) is 5.32. The van der Waals surface area contributed by atoms with Crippen LogP contribution in [0.4, 0.5) is 5.00 Å². The zero-order valence-electron chi connectivity index (χ0n) is 15.0. The smallest absolute Gasteiger partial charge is 0.341 e. The maximum atomic E-state index is 12.4. The van der Waals surface area contributed by atoms with Gasteiger partial charge in [-0.15, -0.1) is 23.1 Å². The summed E-state index contributed by atoms with van der Waals surface area (Å²) in [6.07, 6.45) is 4.08. The molecule has 1 aliphatic carbocycles. The first kappa shape index (κ1) is 19.0.